The smallest absolute Gasteiger partial charge is 0.231 e. The standard InChI is InChI=1S/C20H18N2O5S2/c23-17(13-4-2-1-3-5-13)9-28-20-21-15-10-29(24,25)11-16(15)22(20)14-6-7-18-19(8-14)27-12-26-18/h1-8,15-16H,9-12H2/t15-,16+/m0/s1. The molecular formula is C20H18N2O5S2. The van der Waals surface area contributed by atoms with E-state index < -0.39 is 9.84 Å². The number of anilines is 1. The first-order valence-corrected chi connectivity index (χ1v) is 12.0. The van der Waals surface area contributed by atoms with Crippen LogP contribution in [0.3, 0.4) is 0 Å². The zero-order valence-corrected chi connectivity index (χ0v) is 17.0. The molecule has 3 aliphatic heterocycles. The quantitative estimate of drug-likeness (QED) is 0.689. The lowest BCUT2D eigenvalue weighted by atomic mass is 10.1. The van der Waals surface area contributed by atoms with Gasteiger partial charge in [-0.05, 0) is 12.1 Å². The second-order valence-corrected chi connectivity index (χ2v) is 10.2. The first kappa shape index (κ1) is 18.5. The van der Waals surface area contributed by atoms with E-state index in [1.54, 1.807) is 12.1 Å². The molecule has 150 valence electrons. The van der Waals surface area contributed by atoms with Crippen molar-refractivity contribution >= 4 is 38.2 Å². The van der Waals surface area contributed by atoms with Gasteiger partial charge in [0.05, 0.1) is 29.3 Å². The Bertz CT molecular complexity index is 1100. The highest BCUT2D eigenvalue weighted by Gasteiger charge is 2.47. The van der Waals surface area contributed by atoms with Crippen molar-refractivity contribution < 1.29 is 22.7 Å². The molecule has 7 nitrogen and oxygen atoms in total. The second kappa shape index (κ2) is 7.07. The highest BCUT2D eigenvalue weighted by molar-refractivity contribution is 8.14. The lowest BCUT2D eigenvalue weighted by molar-refractivity contribution is 0.102. The molecule has 0 radical (unpaired) electrons. The first-order valence-electron chi connectivity index (χ1n) is 9.18. The number of sulfone groups is 1. The van der Waals surface area contributed by atoms with Crippen molar-refractivity contribution in [3.63, 3.8) is 0 Å². The fourth-order valence-electron chi connectivity index (χ4n) is 3.81. The zero-order chi connectivity index (χ0) is 20.0. The molecule has 3 aliphatic rings. The summed E-state index contributed by atoms with van der Waals surface area (Å²) in [7, 11) is -3.14. The topological polar surface area (TPSA) is 85.3 Å². The zero-order valence-electron chi connectivity index (χ0n) is 15.4. The minimum atomic E-state index is -3.14. The van der Waals surface area contributed by atoms with Gasteiger partial charge in [-0.25, -0.2) is 8.42 Å². The van der Waals surface area contributed by atoms with Gasteiger partial charge in [0.25, 0.3) is 0 Å². The number of carbonyl (C=O) groups is 1. The van der Waals surface area contributed by atoms with Gasteiger partial charge in [-0.2, -0.15) is 0 Å². The van der Waals surface area contributed by atoms with Crippen LogP contribution in [-0.2, 0) is 9.84 Å². The van der Waals surface area contributed by atoms with Crippen LogP contribution in [0.4, 0.5) is 5.69 Å². The van der Waals surface area contributed by atoms with E-state index in [2.05, 4.69) is 4.99 Å². The fourth-order valence-corrected chi connectivity index (χ4v) is 6.67. The van der Waals surface area contributed by atoms with Gasteiger partial charge in [0, 0.05) is 17.3 Å². The predicted octanol–water partition coefficient (Wildman–Crippen LogP) is 2.37. The summed E-state index contributed by atoms with van der Waals surface area (Å²) in [5.74, 6) is 1.61. The normalized spacial score (nSPS) is 23.7. The van der Waals surface area contributed by atoms with Gasteiger partial charge < -0.3 is 14.4 Å². The average molecular weight is 431 g/mol. The summed E-state index contributed by atoms with van der Waals surface area (Å²) in [5, 5.41) is 0.665. The van der Waals surface area contributed by atoms with Gasteiger partial charge >= 0.3 is 0 Å². The molecule has 1 fully saturated rings. The van der Waals surface area contributed by atoms with Crippen molar-refractivity contribution in [3.8, 4) is 11.5 Å². The summed E-state index contributed by atoms with van der Waals surface area (Å²) < 4.78 is 35.2. The summed E-state index contributed by atoms with van der Waals surface area (Å²) in [5.41, 5.74) is 1.44. The molecule has 0 spiro atoms. The molecule has 0 aromatic heterocycles. The summed E-state index contributed by atoms with van der Waals surface area (Å²) in [6.07, 6.45) is 0. The van der Waals surface area contributed by atoms with Gasteiger partial charge in [-0.3, -0.25) is 9.79 Å². The Morgan fingerprint density at radius 3 is 2.72 bits per heavy atom. The molecule has 0 amide bonds. The maximum atomic E-state index is 12.5. The van der Waals surface area contributed by atoms with E-state index in [1.165, 1.54) is 11.8 Å². The van der Waals surface area contributed by atoms with Gasteiger partial charge in [0.15, 0.2) is 32.3 Å². The number of hydrogen-bond acceptors (Lipinski definition) is 8. The maximum absolute atomic E-state index is 12.5. The fraction of sp³-hybridized carbons (Fsp3) is 0.300. The highest BCUT2D eigenvalue weighted by atomic mass is 32.2. The van der Waals surface area contributed by atoms with Gasteiger partial charge in [-0.15, -0.1) is 0 Å². The number of benzene rings is 2. The molecule has 29 heavy (non-hydrogen) atoms. The molecule has 1 saturated heterocycles. The van der Waals surface area contributed by atoms with Gasteiger partial charge in [0.1, 0.15) is 0 Å². The predicted molar refractivity (Wildman–Crippen MR) is 112 cm³/mol. The molecular weight excluding hydrogens is 412 g/mol. The van der Waals surface area contributed by atoms with Gasteiger partial charge in [0.2, 0.25) is 6.79 Å². The van der Waals surface area contributed by atoms with Crippen LogP contribution in [0.15, 0.2) is 53.5 Å². The average Bonchev–Trinajstić information content (AvgIpc) is 3.37. The first-order chi connectivity index (χ1) is 14.0. The number of rotatable bonds is 4. The van der Waals surface area contributed by atoms with Crippen LogP contribution in [0, 0.1) is 0 Å². The molecule has 2 aromatic rings. The Morgan fingerprint density at radius 1 is 1.10 bits per heavy atom. The third-order valence-electron chi connectivity index (χ3n) is 5.17. The van der Waals surface area contributed by atoms with E-state index in [0.29, 0.717) is 22.2 Å². The molecule has 2 atom stereocenters. The number of aliphatic imine (C=N–C) groups is 1. The van der Waals surface area contributed by atoms with Crippen molar-refractivity contribution in [2.75, 3.05) is 29.0 Å². The number of hydrogen-bond donors (Lipinski definition) is 0. The van der Waals surface area contributed by atoms with E-state index in [-0.39, 0.29) is 41.9 Å². The third kappa shape index (κ3) is 3.49. The van der Waals surface area contributed by atoms with Crippen LogP contribution in [0.5, 0.6) is 11.5 Å². The van der Waals surface area contributed by atoms with Crippen LogP contribution >= 0.6 is 11.8 Å². The van der Waals surface area contributed by atoms with Crippen molar-refractivity contribution in [2.45, 2.75) is 12.1 Å². The molecule has 0 bridgehead atoms. The number of fused-ring (bicyclic) bond motifs is 2. The van der Waals surface area contributed by atoms with Crippen LogP contribution in [0.25, 0.3) is 0 Å². The Hall–Kier alpha value is -2.52. The largest absolute Gasteiger partial charge is 0.454 e. The van der Waals surface area contributed by atoms with Crippen LogP contribution < -0.4 is 14.4 Å². The molecule has 9 heteroatoms. The summed E-state index contributed by atoms with van der Waals surface area (Å²) in [6.45, 7) is 0.167. The Labute approximate surface area is 172 Å². The molecule has 0 N–H and O–H groups in total. The number of thioether (sulfide) groups is 1. The van der Waals surface area contributed by atoms with Crippen molar-refractivity contribution in [3.05, 3.63) is 54.1 Å². The third-order valence-corrected chi connectivity index (χ3v) is 7.84. The molecule has 5 rings (SSSR count). The number of Topliss-reactive ketones (excluding diaryl/α,β-unsaturated/α-hetero) is 1. The summed E-state index contributed by atoms with van der Waals surface area (Å²) in [6, 6.07) is 14.0. The lowest BCUT2D eigenvalue weighted by Crippen LogP contribution is -2.39. The monoisotopic (exact) mass is 430 g/mol. The number of amidine groups is 1. The maximum Gasteiger partial charge on any atom is 0.231 e. The minimum absolute atomic E-state index is 0.00798. The van der Waals surface area contributed by atoms with Crippen LogP contribution in [-0.4, -0.2) is 55.5 Å². The summed E-state index contributed by atoms with van der Waals surface area (Å²) >= 11 is 1.34. The van der Waals surface area contributed by atoms with Crippen molar-refractivity contribution in [1.29, 1.82) is 0 Å². The summed E-state index contributed by atoms with van der Waals surface area (Å²) in [4.78, 5) is 19.1. The van der Waals surface area contributed by atoms with E-state index in [4.69, 9.17) is 9.47 Å². The van der Waals surface area contributed by atoms with E-state index in [1.807, 2.05) is 41.3 Å². The molecule has 0 unspecified atom stereocenters. The second-order valence-electron chi connectivity index (χ2n) is 7.11. The number of ether oxygens (including phenoxy) is 2. The van der Waals surface area contributed by atoms with E-state index in [9.17, 15) is 13.2 Å². The minimum Gasteiger partial charge on any atom is -0.454 e. The van der Waals surface area contributed by atoms with Crippen LogP contribution in [0.1, 0.15) is 10.4 Å². The Balaban J connectivity index is 1.42. The highest BCUT2D eigenvalue weighted by Crippen LogP contribution is 2.40. The van der Waals surface area contributed by atoms with Gasteiger partial charge in [-0.1, -0.05) is 42.1 Å². The Morgan fingerprint density at radius 2 is 1.90 bits per heavy atom. The SMILES string of the molecule is O=C(CSC1=N[C@H]2CS(=O)(=O)C[C@H]2N1c1ccc2c(c1)OCO2)c1ccccc1. The molecule has 2 aromatic carbocycles. The Kier molecular flexibility index (Phi) is 4.51. The molecule has 0 aliphatic carbocycles. The van der Waals surface area contributed by atoms with Crippen LogP contribution in [0.2, 0.25) is 0 Å². The lowest BCUT2D eigenvalue weighted by Gasteiger charge is -2.26. The molecule has 0 saturated carbocycles. The number of carbonyl (C=O) groups excluding carboxylic acids is 1. The van der Waals surface area contributed by atoms with E-state index >= 15 is 0 Å². The van der Waals surface area contributed by atoms with E-state index in [0.717, 1.165) is 5.69 Å². The molecule has 3 heterocycles. The van der Waals surface area contributed by atoms with Crippen molar-refractivity contribution in [1.82, 2.24) is 0 Å². The number of nitrogens with zero attached hydrogens (tertiary/aromatic N) is 2. The van der Waals surface area contributed by atoms with Crippen molar-refractivity contribution in [2.24, 2.45) is 4.99 Å². The number of ketones is 1.